The lowest BCUT2D eigenvalue weighted by atomic mass is 9.83. The summed E-state index contributed by atoms with van der Waals surface area (Å²) in [4.78, 5) is 50.2. The molecule has 0 radical (unpaired) electrons. The topological polar surface area (TPSA) is 140 Å². The number of carbonyl (C=O) groups is 4. The van der Waals surface area contributed by atoms with Crippen LogP contribution in [0, 0.1) is 28.1 Å². The number of nitrogens with zero attached hydrogens (tertiary/aromatic N) is 1. The number of carbonyl (C=O) groups excluding carboxylic acids is 4. The van der Waals surface area contributed by atoms with Crippen LogP contribution in [0.4, 0.5) is 13.2 Å². The Labute approximate surface area is 216 Å². The van der Waals surface area contributed by atoms with Gasteiger partial charge >= 0.3 is 12.1 Å². The van der Waals surface area contributed by atoms with Crippen molar-refractivity contribution in [2.24, 2.45) is 16.7 Å². The van der Waals surface area contributed by atoms with Crippen molar-refractivity contribution in [1.29, 1.82) is 5.26 Å². The van der Waals surface area contributed by atoms with E-state index in [1.165, 1.54) is 20.8 Å². The van der Waals surface area contributed by atoms with Crippen LogP contribution in [0.3, 0.4) is 0 Å². The van der Waals surface area contributed by atoms with Crippen molar-refractivity contribution >= 4 is 23.6 Å². The summed E-state index contributed by atoms with van der Waals surface area (Å²) < 4.78 is 38.6. The molecule has 1 rings (SSSR count). The van der Waals surface area contributed by atoms with Gasteiger partial charge < -0.3 is 21.3 Å². The van der Waals surface area contributed by atoms with E-state index >= 15 is 0 Å². The minimum absolute atomic E-state index is 0.0760. The zero-order valence-electron chi connectivity index (χ0n) is 22.9. The third-order valence-corrected chi connectivity index (χ3v) is 6.05. The van der Waals surface area contributed by atoms with E-state index in [0.717, 1.165) is 0 Å². The van der Waals surface area contributed by atoms with Crippen LogP contribution in [-0.2, 0) is 19.2 Å². The van der Waals surface area contributed by atoms with E-state index in [-0.39, 0.29) is 24.3 Å². The van der Waals surface area contributed by atoms with Gasteiger partial charge in [-0.15, -0.1) is 0 Å². The van der Waals surface area contributed by atoms with Crippen molar-refractivity contribution in [3.8, 4) is 6.07 Å². The predicted octanol–water partition coefficient (Wildman–Crippen LogP) is 2.70. The number of hydrogen-bond donors (Lipinski definition) is 4. The molecule has 0 aromatic carbocycles. The summed E-state index contributed by atoms with van der Waals surface area (Å²) >= 11 is 0. The number of nitrogens with one attached hydrogen (secondary N) is 4. The summed E-state index contributed by atoms with van der Waals surface area (Å²) in [6.07, 6.45) is -3.76. The number of piperidine rings is 1. The van der Waals surface area contributed by atoms with E-state index in [0.29, 0.717) is 12.8 Å². The molecule has 9 nitrogen and oxygen atoms in total. The monoisotopic (exact) mass is 531 g/mol. The van der Waals surface area contributed by atoms with Gasteiger partial charge in [0.15, 0.2) is 0 Å². The summed E-state index contributed by atoms with van der Waals surface area (Å²) in [5.74, 6) is -4.62. The van der Waals surface area contributed by atoms with Crippen molar-refractivity contribution in [3.63, 3.8) is 0 Å². The number of halogens is 3. The molecule has 1 aliphatic heterocycles. The lowest BCUT2D eigenvalue weighted by Crippen LogP contribution is -2.60. The summed E-state index contributed by atoms with van der Waals surface area (Å²) in [7, 11) is 0. The Morgan fingerprint density at radius 2 is 1.62 bits per heavy atom. The van der Waals surface area contributed by atoms with Crippen LogP contribution < -0.4 is 21.3 Å². The molecular weight excluding hydrogens is 491 g/mol. The van der Waals surface area contributed by atoms with Gasteiger partial charge in [0.05, 0.1) is 6.07 Å². The maximum atomic E-state index is 13.2. The first kappa shape index (κ1) is 32.2. The second kappa shape index (κ2) is 11.7. The average molecular weight is 532 g/mol. The Kier molecular flexibility index (Phi) is 10.2. The van der Waals surface area contributed by atoms with Crippen LogP contribution in [-0.4, -0.2) is 53.5 Å². The maximum Gasteiger partial charge on any atom is 0.471 e. The van der Waals surface area contributed by atoms with Gasteiger partial charge in [0.2, 0.25) is 17.7 Å². The smallest absolute Gasteiger partial charge is 0.351 e. The van der Waals surface area contributed by atoms with E-state index in [4.69, 9.17) is 0 Å². The maximum absolute atomic E-state index is 13.2. The molecule has 0 aromatic heterocycles. The van der Waals surface area contributed by atoms with Crippen LogP contribution in [0.1, 0.15) is 81.1 Å². The number of rotatable bonds is 8. The summed E-state index contributed by atoms with van der Waals surface area (Å²) in [5, 5.41) is 19.3. The minimum atomic E-state index is -5.19. The summed E-state index contributed by atoms with van der Waals surface area (Å²) in [6, 6.07) is -1.83. The number of amides is 4. The molecule has 4 unspecified atom stereocenters. The van der Waals surface area contributed by atoms with Gasteiger partial charge in [-0.2, -0.15) is 18.4 Å². The SMILES string of the molecule is CC(C)(C)CC(NC(=O)C(NC(=O)C(F)(F)F)C(C)(C)C)C(=O)NC(C#N)CC1CCC(C)(C)NC1=O. The number of nitriles is 1. The Hall–Kier alpha value is -2.84. The molecule has 4 atom stereocenters. The molecule has 0 aromatic rings. The molecule has 1 heterocycles. The van der Waals surface area contributed by atoms with Crippen LogP contribution in [0.15, 0.2) is 0 Å². The van der Waals surface area contributed by atoms with Crippen molar-refractivity contribution in [3.05, 3.63) is 0 Å². The molecule has 12 heteroatoms. The normalized spacial score (nSPS) is 20.5. The molecule has 210 valence electrons. The van der Waals surface area contributed by atoms with Gasteiger partial charge in [-0.05, 0) is 50.4 Å². The van der Waals surface area contributed by atoms with Gasteiger partial charge in [0, 0.05) is 11.5 Å². The van der Waals surface area contributed by atoms with Crippen LogP contribution >= 0.6 is 0 Å². The van der Waals surface area contributed by atoms with E-state index in [9.17, 15) is 37.6 Å². The molecule has 1 saturated heterocycles. The Balaban J connectivity index is 3.06. The molecule has 0 saturated carbocycles. The van der Waals surface area contributed by atoms with Crippen LogP contribution in [0.5, 0.6) is 0 Å². The van der Waals surface area contributed by atoms with Crippen molar-refractivity contribution in [1.82, 2.24) is 21.3 Å². The number of alkyl halides is 3. The van der Waals surface area contributed by atoms with Crippen molar-refractivity contribution in [2.75, 3.05) is 0 Å². The summed E-state index contributed by atoms with van der Waals surface area (Å²) in [5.41, 5.74) is -1.95. The summed E-state index contributed by atoms with van der Waals surface area (Å²) in [6.45, 7) is 13.7. The molecular formula is C25H40F3N5O4. The molecule has 4 N–H and O–H groups in total. The molecule has 0 spiro atoms. The van der Waals surface area contributed by atoms with Gasteiger partial charge in [-0.25, -0.2) is 0 Å². The van der Waals surface area contributed by atoms with Gasteiger partial charge in [-0.1, -0.05) is 41.5 Å². The first-order chi connectivity index (χ1) is 16.6. The van der Waals surface area contributed by atoms with Crippen LogP contribution in [0.2, 0.25) is 0 Å². The average Bonchev–Trinajstić information content (AvgIpc) is 2.69. The second-order valence-electron chi connectivity index (χ2n) is 12.6. The highest BCUT2D eigenvalue weighted by atomic mass is 19.4. The lowest BCUT2D eigenvalue weighted by Gasteiger charge is -2.36. The predicted molar refractivity (Wildman–Crippen MR) is 131 cm³/mol. The van der Waals surface area contributed by atoms with Gasteiger partial charge in [-0.3, -0.25) is 19.2 Å². The van der Waals surface area contributed by atoms with E-state index in [1.54, 1.807) is 5.32 Å². The fraction of sp³-hybridized carbons (Fsp3) is 0.800. The highest BCUT2D eigenvalue weighted by Gasteiger charge is 2.44. The Morgan fingerprint density at radius 1 is 1.05 bits per heavy atom. The third-order valence-electron chi connectivity index (χ3n) is 6.05. The fourth-order valence-electron chi connectivity index (χ4n) is 4.05. The van der Waals surface area contributed by atoms with Crippen molar-refractivity contribution in [2.45, 2.75) is 111 Å². The zero-order chi connectivity index (χ0) is 29.0. The minimum Gasteiger partial charge on any atom is -0.351 e. The van der Waals surface area contributed by atoms with Crippen LogP contribution in [0.25, 0.3) is 0 Å². The van der Waals surface area contributed by atoms with Gasteiger partial charge in [0.25, 0.3) is 0 Å². The van der Waals surface area contributed by atoms with E-state index < -0.39 is 58.8 Å². The Morgan fingerprint density at radius 3 is 2.05 bits per heavy atom. The quantitative estimate of drug-likeness (QED) is 0.381. The van der Waals surface area contributed by atoms with Gasteiger partial charge in [0.1, 0.15) is 18.1 Å². The van der Waals surface area contributed by atoms with E-state index in [2.05, 4.69) is 16.0 Å². The second-order valence-corrected chi connectivity index (χ2v) is 12.6. The molecule has 37 heavy (non-hydrogen) atoms. The molecule has 0 aliphatic carbocycles. The molecule has 0 bridgehead atoms. The highest BCUT2D eigenvalue weighted by molar-refractivity contribution is 5.93. The standard InChI is InChI=1S/C25H40F3N5O4/c1-22(2,3)12-16(31-20(36)17(23(4,5)6)32-21(37)25(26,27)28)19(35)30-15(13-29)11-14-9-10-24(7,8)33-18(14)34/h14-17H,9-12H2,1-8H3,(H,30,35)(H,31,36)(H,32,37)(H,33,34). The van der Waals surface area contributed by atoms with Crippen molar-refractivity contribution < 1.29 is 32.3 Å². The first-order valence-corrected chi connectivity index (χ1v) is 12.3. The lowest BCUT2D eigenvalue weighted by molar-refractivity contribution is -0.175. The molecule has 4 amide bonds. The Bertz CT molecular complexity index is 913. The first-order valence-electron chi connectivity index (χ1n) is 12.3. The van der Waals surface area contributed by atoms with E-state index in [1.807, 2.05) is 40.7 Å². The highest BCUT2D eigenvalue weighted by Crippen LogP contribution is 2.27. The number of hydrogen-bond acceptors (Lipinski definition) is 5. The fourth-order valence-corrected chi connectivity index (χ4v) is 4.05. The largest absolute Gasteiger partial charge is 0.471 e. The molecule has 1 fully saturated rings. The molecule has 1 aliphatic rings. The third kappa shape index (κ3) is 10.6. The zero-order valence-corrected chi connectivity index (χ0v) is 22.9.